The highest BCUT2D eigenvalue weighted by molar-refractivity contribution is 6.32. The number of ether oxygens (including phenoxy) is 1. The molecule has 0 spiro atoms. The third-order valence-electron chi connectivity index (χ3n) is 4.46. The van der Waals surface area contributed by atoms with Crippen molar-refractivity contribution in [2.75, 3.05) is 26.5 Å². The Kier molecular flexibility index (Phi) is 6.56. The number of nitrogens with one attached hydrogen (secondary N) is 1. The maximum atomic E-state index is 13.5. The van der Waals surface area contributed by atoms with Gasteiger partial charge in [-0.05, 0) is 30.3 Å². The minimum atomic E-state index is -0.960. The van der Waals surface area contributed by atoms with Crippen LogP contribution in [0, 0.1) is 11.6 Å². The molecule has 0 unspecified atom stereocenters. The van der Waals surface area contributed by atoms with Crippen LogP contribution in [0.3, 0.4) is 0 Å². The molecule has 3 rings (SSSR count). The maximum absolute atomic E-state index is 13.5. The predicted octanol–water partition coefficient (Wildman–Crippen LogP) is 4.71. The molecule has 1 heterocycles. The fourth-order valence-electron chi connectivity index (χ4n) is 2.85. The lowest BCUT2D eigenvalue weighted by atomic mass is 10.1. The van der Waals surface area contributed by atoms with Gasteiger partial charge in [0, 0.05) is 43.9 Å². The van der Waals surface area contributed by atoms with Crippen molar-refractivity contribution in [3.63, 3.8) is 0 Å². The van der Waals surface area contributed by atoms with Crippen LogP contribution in [0.5, 0.6) is 5.75 Å². The van der Waals surface area contributed by atoms with E-state index in [9.17, 15) is 13.6 Å². The van der Waals surface area contributed by atoms with E-state index in [0.717, 1.165) is 17.7 Å². The van der Waals surface area contributed by atoms with Gasteiger partial charge < -0.3 is 15.0 Å². The zero-order chi connectivity index (χ0) is 21.8. The molecule has 0 saturated carbocycles. The lowest BCUT2D eigenvalue weighted by Crippen LogP contribution is -2.23. The normalized spacial score (nSPS) is 10.7. The van der Waals surface area contributed by atoms with E-state index in [1.807, 2.05) is 6.07 Å². The number of halogens is 3. The number of anilines is 2. The van der Waals surface area contributed by atoms with Gasteiger partial charge >= 0.3 is 0 Å². The second-order valence-electron chi connectivity index (χ2n) is 6.78. The average Bonchev–Trinajstić information content (AvgIpc) is 3.11. The van der Waals surface area contributed by atoms with Crippen LogP contribution in [0.15, 0.2) is 42.5 Å². The van der Waals surface area contributed by atoms with Crippen molar-refractivity contribution >= 4 is 29.0 Å². The summed E-state index contributed by atoms with van der Waals surface area (Å²) in [5, 5.41) is 7.87. The van der Waals surface area contributed by atoms with Crippen LogP contribution in [0.25, 0.3) is 11.3 Å². The third kappa shape index (κ3) is 4.88. The van der Waals surface area contributed by atoms with Crippen molar-refractivity contribution in [2.24, 2.45) is 0 Å². The molecule has 1 N–H and O–H groups in total. The highest BCUT2D eigenvalue weighted by Crippen LogP contribution is 2.32. The van der Waals surface area contributed by atoms with Gasteiger partial charge in [-0.25, -0.2) is 8.78 Å². The number of hydrogen-bond acceptors (Lipinski definition) is 4. The first-order valence-electron chi connectivity index (χ1n) is 9.12. The topological polar surface area (TPSA) is 59.4 Å². The lowest BCUT2D eigenvalue weighted by molar-refractivity contribution is -0.128. The van der Waals surface area contributed by atoms with E-state index >= 15 is 0 Å². The molecular weight excluding hydrogens is 414 g/mol. The van der Waals surface area contributed by atoms with Gasteiger partial charge in [0.1, 0.15) is 5.75 Å². The van der Waals surface area contributed by atoms with Gasteiger partial charge in [0.05, 0.1) is 24.4 Å². The highest BCUT2D eigenvalue weighted by Gasteiger charge is 2.15. The molecule has 30 heavy (non-hydrogen) atoms. The molecule has 1 amide bonds. The molecule has 0 atom stereocenters. The van der Waals surface area contributed by atoms with Crippen molar-refractivity contribution in [1.29, 1.82) is 0 Å². The number of nitrogens with zero attached hydrogens (tertiary/aromatic N) is 3. The first kappa shape index (κ1) is 21.6. The summed E-state index contributed by atoms with van der Waals surface area (Å²) in [5.41, 5.74) is 1.82. The summed E-state index contributed by atoms with van der Waals surface area (Å²) in [6.45, 7) is 0.329. The first-order chi connectivity index (χ1) is 14.3. The number of benzene rings is 2. The predicted molar refractivity (Wildman–Crippen MR) is 112 cm³/mol. The van der Waals surface area contributed by atoms with E-state index in [0.29, 0.717) is 34.5 Å². The Morgan fingerprint density at radius 2 is 1.93 bits per heavy atom. The largest absolute Gasteiger partial charge is 0.495 e. The van der Waals surface area contributed by atoms with Crippen LogP contribution in [-0.2, 0) is 11.3 Å². The fourth-order valence-corrected chi connectivity index (χ4v) is 3.11. The number of carbonyl (C=O) groups excluding carboxylic acids is 1. The maximum Gasteiger partial charge on any atom is 0.223 e. The molecule has 0 fully saturated rings. The number of carbonyl (C=O) groups is 1. The van der Waals surface area contributed by atoms with Crippen LogP contribution < -0.4 is 10.1 Å². The second-order valence-corrected chi connectivity index (χ2v) is 7.19. The number of rotatable bonds is 7. The summed E-state index contributed by atoms with van der Waals surface area (Å²) in [6, 6.07) is 10.6. The van der Waals surface area contributed by atoms with Gasteiger partial charge in [-0.15, -0.1) is 0 Å². The smallest absolute Gasteiger partial charge is 0.223 e. The quantitative estimate of drug-likeness (QED) is 0.585. The number of hydrogen-bond donors (Lipinski definition) is 1. The lowest BCUT2D eigenvalue weighted by Gasteiger charge is -2.12. The van der Waals surface area contributed by atoms with Crippen LogP contribution in [0.1, 0.15) is 6.42 Å². The van der Waals surface area contributed by atoms with E-state index in [1.54, 1.807) is 37.0 Å². The number of amides is 1. The van der Waals surface area contributed by atoms with Crippen molar-refractivity contribution in [1.82, 2.24) is 14.7 Å². The number of aryl methyl sites for hydroxylation is 1. The molecule has 0 radical (unpaired) electrons. The SMILES string of the molecule is COc1ccc(-c2cc(Nc3ccc(F)c(F)c3)nn2CCC(=O)N(C)C)cc1Cl. The molecular formula is C21H21ClF2N4O2. The Hall–Kier alpha value is -3.13. The molecule has 9 heteroatoms. The van der Waals surface area contributed by atoms with Crippen molar-refractivity contribution in [3.05, 3.63) is 59.1 Å². The molecule has 0 aliphatic carbocycles. The second kappa shape index (κ2) is 9.13. The molecule has 0 bridgehead atoms. The summed E-state index contributed by atoms with van der Waals surface area (Å²) in [7, 11) is 4.90. The summed E-state index contributed by atoms with van der Waals surface area (Å²) < 4.78 is 33.6. The molecule has 0 aliphatic rings. The Labute approximate surface area is 178 Å². The summed E-state index contributed by atoms with van der Waals surface area (Å²) >= 11 is 6.26. The Morgan fingerprint density at radius 1 is 1.17 bits per heavy atom. The number of methoxy groups -OCH3 is 1. The zero-order valence-electron chi connectivity index (χ0n) is 16.7. The number of aromatic nitrogens is 2. The van der Waals surface area contributed by atoms with Crippen molar-refractivity contribution < 1.29 is 18.3 Å². The van der Waals surface area contributed by atoms with Crippen LogP contribution in [-0.4, -0.2) is 41.8 Å². The van der Waals surface area contributed by atoms with Gasteiger partial charge in [-0.2, -0.15) is 5.10 Å². The van der Waals surface area contributed by atoms with Crippen molar-refractivity contribution in [2.45, 2.75) is 13.0 Å². The van der Waals surface area contributed by atoms with Crippen molar-refractivity contribution in [3.8, 4) is 17.0 Å². The van der Waals surface area contributed by atoms with E-state index in [1.165, 1.54) is 18.1 Å². The molecule has 2 aromatic carbocycles. The van der Waals surface area contributed by atoms with Gasteiger partial charge in [0.15, 0.2) is 17.5 Å². The molecule has 158 valence electrons. The van der Waals surface area contributed by atoms with Gasteiger partial charge in [0.2, 0.25) is 5.91 Å². The minimum absolute atomic E-state index is 0.0423. The molecule has 0 aliphatic heterocycles. The van der Waals surface area contributed by atoms with E-state index in [-0.39, 0.29) is 12.3 Å². The first-order valence-corrected chi connectivity index (χ1v) is 9.50. The molecule has 6 nitrogen and oxygen atoms in total. The van der Waals surface area contributed by atoms with Gasteiger partial charge in [0.25, 0.3) is 0 Å². The monoisotopic (exact) mass is 434 g/mol. The summed E-state index contributed by atoms with van der Waals surface area (Å²) in [5.74, 6) is -0.978. The summed E-state index contributed by atoms with van der Waals surface area (Å²) in [6.07, 6.45) is 0.246. The Morgan fingerprint density at radius 3 is 2.57 bits per heavy atom. The van der Waals surface area contributed by atoms with Gasteiger partial charge in [-0.3, -0.25) is 9.48 Å². The molecule has 0 saturated heterocycles. The van der Waals surface area contributed by atoms with Crippen LogP contribution in [0.2, 0.25) is 5.02 Å². The fraction of sp³-hybridized carbons (Fsp3) is 0.238. The average molecular weight is 435 g/mol. The zero-order valence-corrected chi connectivity index (χ0v) is 17.5. The van der Waals surface area contributed by atoms with E-state index in [4.69, 9.17) is 16.3 Å². The van der Waals surface area contributed by atoms with Crippen LogP contribution >= 0.6 is 11.6 Å². The molecule has 1 aromatic heterocycles. The minimum Gasteiger partial charge on any atom is -0.495 e. The highest BCUT2D eigenvalue weighted by atomic mass is 35.5. The Balaban J connectivity index is 1.94. The van der Waals surface area contributed by atoms with E-state index in [2.05, 4.69) is 10.4 Å². The summed E-state index contributed by atoms with van der Waals surface area (Å²) in [4.78, 5) is 13.5. The van der Waals surface area contributed by atoms with E-state index < -0.39 is 11.6 Å². The third-order valence-corrected chi connectivity index (χ3v) is 4.75. The van der Waals surface area contributed by atoms with Gasteiger partial charge in [-0.1, -0.05) is 11.6 Å². The molecule has 3 aromatic rings. The Bertz CT molecular complexity index is 1070. The standard InChI is InChI=1S/C21H21ClF2N4O2/c1-27(2)21(29)8-9-28-18(13-4-7-19(30-3)15(22)10-13)12-20(26-28)25-14-5-6-16(23)17(24)11-14/h4-7,10-12H,8-9H2,1-3H3,(H,25,26). The van der Waals surface area contributed by atoms with Crippen LogP contribution in [0.4, 0.5) is 20.3 Å².